The summed E-state index contributed by atoms with van der Waals surface area (Å²) in [6, 6.07) is 0. The Bertz CT molecular complexity index is 230. The highest BCUT2D eigenvalue weighted by atomic mass is 16.5. The topological polar surface area (TPSA) is 43.4 Å². The SMILES string of the molecule is COCC(=O)CC(=O)C1CC1(C)C. The summed E-state index contributed by atoms with van der Waals surface area (Å²) in [6.45, 7) is 4.16. The third kappa shape index (κ3) is 2.62. The van der Waals surface area contributed by atoms with Crippen molar-refractivity contribution in [3.05, 3.63) is 0 Å². The lowest BCUT2D eigenvalue weighted by atomic mass is 10.0. The lowest BCUT2D eigenvalue weighted by Crippen LogP contribution is -2.15. The van der Waals surface area contributed by atoms with Crippen LogP contribution in [-0.2, 0) is 14.3 Å². The van der Waals surface area contributed by atoms with Crippen molar-refractivity contribution >= 4 is 11.6 Å². The molecule has 0 spiro atoms. The molecular weight excluding hydrogens is 168 g/mol. The lowest BCUT2D eigenvalue weighted by molar-refractivity contribution is -0.130. The zero-order valence-electron chi connectivity index (χ0n) is 8.42. The maximum absolute atomic E-state index is 11.4. The van der Waals surface area contributed by atoms with E-state index in [-0.39, 0.29) is 35.9 Å². The number of Topliss-reactive ketones (excluding diaryl/α,β-unsaturated/α-hetero) is 2. The number of hydrogen-bond acceptors (Lipinski definition) is 3. The van der Waals surface area contributed by atoms with Crippen molar-refractivity contribution in [2.45, 2.75) is 26.7 Å². The van der Waals surface area contributed by atoms with E-state index in [1.54, 1.807) is 0 Å². The second-order valence-corrected chi connectivity index (χ2v) is 4.36. The largest absolute Gasteiger partial charge is 0.377 e. The molecule has 1 rings (SSSR count). The molecule has 1 aliphatic rings. The van der Waals surface area contributed by atoms with E-state index in [0.29, 0.717) is 0 Å². The van der Waals surface area contributed by atoms with Crippen molar-refractivity contribution in [2.24, 2.45) is 11.3 Å². The van der Waals surface area contributed by atoms with Crippen molar-refractivity contribution < 1.29 is 14.3 Å². The highest BCUT2D eigenvalue weighted by Crippen LogP contribution is 2.52. The van der Waals surface area contributed by atoms with Gasteiger partial charge in [-0.25, -0.2) is 0 Å². The molecule has 0 amide bonds. The third-order valence-electron chi connectivity index (χ3n) is 2.58. The smallest absolute Gasteiger partial charge is 0.165 e. The molecule has 0 heterocycles. The van der Waals surface area contributed by atoms with Crippen LogP contribution in [0.4, 0.5) is 0 Å². The predicted octanol–water partition coefficient (Wildman–Crippen LogP) is 1.21. The Hall–Kier alpha value is -0.700. The van der Waals surface area contributed by atoms with Crippen LogP contribution in [0.1, 0.15) is 26.7 Å². The van der Waals surface area contributed by atoms with Crippen molar-refractivity contribution in [3.8, 4) is 0 Å². The molecule has 0 aliphatic heterocycles. The van der Waals surface area contributed by atoms with E-state index in [1.807, 2.05) is 0 Å². The van der Waals surface area contributed by atoms with Gasteiger partial charge >= 0.3 is 0 Å². The summed E-state index contributed by atoms with van der Waals surface area (Å²) in [5, 5.41) is 0. The quantitative estimate of drug-likeness (QED) is 0.603. The predicted molar refractivity (Wildman–Crippen MR) is 48.4 cm³/mol. The van der Waals surface area contributed by atoms with E-state index in [0.717, 1.165) is 6.42 Å². The van der Waals surface area contributed by atoms with Gasteiger partial charge in [0.25, 0.3) is 0 Å². The standard InChI is InChI=1S/C10H16O3/c1-10(2)5-8(10)9(12)4-7(11)6-13-3/h8H,4-6H2,1-3H3. The van der Waals surface area contributed by atoms with Gasteiger partial charge in [-0.3, -0.25) is 9.59 Å². The lowest BCUT2D eigenvalue weighted by Gasteiger charge is -2.01. The number of rotatable bonds is 5. The molecule has 0 aromatic rings. The first-order valence-electron chi connectivity index (χ1n) is 4.50. The van der Waals surface area contributed by atoms with Crippen molar-refractivity contribution in [1.29, 1.82) is 0 Å². The minimum atomic E-state index is -0.116. The Morgan fingerprint density at radius 1 is 1.46 bits per heavy atom. The van der Waals surface area contributed by atoms with Crippen molar-refractivity contribution in [2.75, 3.05) is 13.7 Å². The van der Waals surface area contributed by atoms with Gasteiger partial charge in [-0.2, -0.15) is 0 Å². The average Bonchev–Trinajstić information content (AvgIpc) is 2.60. The highest BCUT2D eigenvalue weighted by molar-refractivity contribution is 6.01. The van der Waals surface area contributed by atoms with E-state index in [1.165, 1.54) is 7.11 Å². The Morgan fingerprint density at radius 3 is 2.38 bits per heavy atom. The third-order valence-corrected chi connectivity index (χ3v) is 2.58. The molecule has 0 aromatic carbocycles. The Labute approximate surface area is 78.5 Å². The molecule has 13 heavy (non-hydrogen) atoms. The fraction of sp³-hybridized carbons (Fsp3) is 0.800. The van der Waals surface area contributed by atoms with Crippen LogP contribution in [-0.4, -0.2) is 25.3 Å². The number of hydrogen-bond donors (Lipinski definition) is 0. The first kappa shape index (κ1) is 10.4. The van der Waals surface area contributed by atoms with E-state index in [2.05, 4.69) is 18.6 Å². The van der Waals surface area contributed by atoms with Gasteiger partial charge in [0, 0.05) is 13.0 Å². The minimum Gasteiger partial charge on any atom is -0.377 e. The Balaban J connectivity index is 2.31. The fourth-order valence-electron chi connectivity index (χ4n) is 1.55. The van der Waals surface area contributed by atoms with Gasteiger partial charge in [-0.15, -0.1) is 0 Å². The van der Waals surface area contributed by atoms with Crippen LogP contribution in [0.5, 0.6) is 0 Å². The summed E-state index contributed by atoms with van der Waals surface area (Å²) in [5.74, 6) is 0.0653. The van der Waals surface area contributed by atoms with Gasteiger partial charge in [0.05, 0.1) is 6.42 Å². The van der Waals surface area contributed by atoms with Crippen LogP contribution in [0.15, 0.2) is 0 Å². The van der Waals surface area contributed by atoms with Gasteiger partial charge < -0.3 is 4.74 Å². The summed E-state index contributed by atoms with van der Waals surface area (Å²) in [5.41, 5.74) is 0.129. The van der Waals surface area contributed by atoms with Crippen LogP contribution in [0.25, 0.3) is 0 Å². The highest BCUT2D eigenvalue weighted by Gasteiger charge is 2.50. The Morgan fingerprint density at radius 2 is 2.00 bits per heavy atom. The van der Waals surface area contributed by atoms with Gasteiger partial charge in [0.15, 0.2) is 5.78 Å². The number of carbonyl (C=O) groups is 2. The number of ether oxygens (including phenoxy) is 1. The summed E-state index contributed by atoms with van der Waals surface area (Å²) in [7, 11) is 1.46. The summed E-state index contributed by atoms with van der Waals surface area (Å²) >= 11 is 0. The molecule has 0 radical (unpaired) electrons. The zero-order valence-corrected chi connectivity index (χ0v) is 8.42. The van der Waals surface area contributed by atoms with Crippen LogP contribution in [0, 0.1) is 11.3 Å². The molecule has 0 bridgehead atoms. The molecule has 1 atom stereocenters. The Kier molecular flexibility index (Phi) is 2.86. The molecule has 1 aliphatic carbocycles. The number of ketones is 2. The van der Waals surface area contributed by atoms with Gasteiger partial charge in [0.2, 0.25) is 0 Å². The molecule has 1 saturated carbocycles. The monoisotopic (exact) mass is 184 g/mol. The molecule has 0 N–H and O–H groups in total. The maximum atomic E-state index is 11.4. The molecule has 74 valence electrons. The zero-order chi connectivity index (χ0) is 10.1. The van der Waals surface area contributed by atoms with Crippen LogP contribution >= 0.6 is 0 Å². The normalized spacial score (nSPS) is 24.1. The van der Waals surface area contributed by atoms with Gasteiger partial charge in [-0.1, -0.05) is 13.8 Å². The van der Waals surface area contributed by atoms with Crippen LogP contribution in [0.3, 0.4) is 0 Å². The molecule has 0 aromatic heterocycles. The molecule has 3 nitrogen and oxygen atoms in total. The van der Waals surface area contributed by atoms with E-state index in [4.69, 9.17) is 0 Å². The van der Waals surface area contributed by atoms with E-state index < -0.39 is 0 Å². The van der Waals surface area contributed by atoms with E-state index >= 15 is 0 Å². The van der Waals surface area contributed by atoms with Crippen molar-refractivity contribution in [1.82, 2.24) is 0 Å². The first-order chi connectivity index (χ1) is 5.97. The second-order valence-electron chi connectivity index (χ2n) is 4.36. The van der Waals surface area contributed by atoms with Gasteiger partial charge in [-0.05, 0) is 11.8 Å². The molecular formula is C10H16O3. The second kappa shape index (κ2) is 3.58. The summed E-state index contributed by atoms with van der Waals surface area (Å²) in [4.78, 5) is 22.5. The fourth-order valence-corrected chi connectivity index (χ4v) is 1.55. The van der Waals surface area contributed by atoms with E-state index in [9.17, 15) is 9.59 Å². The van der Waals surface area contributed by atoms with Gasteiger partial charge in [0.1, 0.15) is 12.4 Å². The van der Waals surface area contributed by atoms with Crippen LogP contribution in [0.2, 0.25) is 0 Å². The summed E-state index contributed by atoms with van der Waals surface area (Å²) in [6.07, 6.45) is 0.966. The number of carbonyl (C=O) groups excluding carboxylic acids is 2. The average molecular weight is 184 g/mol. The first-order valence-corrected chi connectivity index (χ1v) is 4.50. The molecule has 0 saturated heterocycles. The maximum Gasteiger partial charge on any atom is 0.165 e. The minimum absolute atomic E-state index is 0.0436. The molecule has 3 heteroatoms. The molecule has 1 fully saturated rings. The summed E-state index contributed by atoms with van der Waals surface area (Å²) < 4.78 is 4.65. The van der Waals surface area contributed by atoms with Crippen molar-refractivity contribution in [3.63, 3.8) is 0 Å². The number of methoxy groups -OCH3 is 1. The molecule has 1 unspecified atom stereocenters. The van der Waals surface area contributed by atoms with Crippen LogP contribution < -0.4 is 0 Å².